The first-order valence-electron chi connectivity index (χ1n) is 18.4. The number of para-hydroxylation sites is 2. The monoisotopic (exact) mass is 668 g/mol. The third kappa shape index (κ3) is 5.93. The lowest BCUT2D eigenvalue weighted by Crippen LogP contribution is -2.17. The van der Waals surface area contributed by atoms with Crippen molar-refractivity contribution in [3.05, 3.63) is 206 Å². The molecule has 0 amide bonds. The van der Waals surface area contributed by atoms with Crippen molar-refractivity contribution in [2.75, 3.05) is 9.80 Å². The molecule has 7 aromatic carbocycles. The summed E-state index contributed by atoms with van der Waals surface area (Å²) in [5.41, 5.74) is 12.2. The van der Waals surface area contributed by atoms with Crippen molar-refractivity contribution in [3.8, 4) is 22.3 Å². The minimum Gasteiger partial charge on any atom is -0.314 e. The number of hydrogen-bond acceptors (Lipinski definition) is 2. The van der Waals surface area contributed by atoms with Gasteiger partial charge in [-0.25, -0.2) is 0 Å². The first-order chi connectivity index (χ1) is 25.8. The van der Waals surface area contributed by atoms with Crippen molar-refractivity contribution >= 4 is 44.3 Å². The molecule has 52 heavy (non-hydrogen) atoms. The lowest BCUT2D eigenvalue weighted by atomic mass is 9.86. The summed E-state index contributed by atoms with van der Waals surface area (Å²) in [6.45, 7) is 0. The summed E-state index contributed by atoms with van der Waals surface area (Å²) in [6, 6.07) is 57.6. The first kappa shape index (κ1) is 31.6. The van der Waals surface area contributed by atoms with Gasteiger partial charge in [0.25, 0.3) is 0 Å². The van der Waals surface area contributed by atoms with Crippen molar-refractivity contribution in [3.63, 3.8) is 0 Å². The maximum atomic E-state index is 2.40. The number of hydrogen-bond donors (Lipinski definition) is 0. The van der Waals surface area contributed by atoms with E-state index in [0.29, 0.717) is 0 Å². The normalized spacial score (nSPS) is 13.9. The Bertz CT molecular complexity index is 2430. The standard InChI is InChI=1S/C50H40N2/c1-5-17-39(18-6-1)51(40-19-7-2-8-20-40)43-33-29-37(30-34-43)49-45-25-13-15-27-47(45)50(48-28-16-14-26-46(48)49)38-31-35-44(36-32-38)52(41-21-9-3-10-22-41)42-23-11-4-12-24-42/h1-3,5-7,9-11,13-19,21-36H,4,8,12,20H2. The van der Waals surface area contributed by atoms with Gasteiger partial charge in [-0.1, -0.05) is 133 Å². The number of fused-ring (bicyclic) bond motifs is 2. The van der Waals surface area contributed by atoms with Gasteiger partial charge in [0.2, 0.25) is 0 Å². The van der Waals surface area contributed by atoms with Crippen molar-refractivity contribution < 1.29 is 0 Å². The molecule has 0 radical (unpaired) electrons. The summed E-state index contributed by atoms with van der Waals surface area (Å²) in [5.74, 6) is 0. The SMILES string of the molecule is C1=CCCC(N(c2ccccc2)c2ccc(-c3c4ccccc4c(-c4ccc(N(C5=CCCC=C5)c5ccccc5)cc4)c4ccccc34)cc2)=C1. The second kappa shape index (κ2) is 14.1. The lowest BCUT2D eigenvalue weighted by molar-refractivity contribution is 0.918. The predicted octanol–water partition coefficient (Wildman–Crippen LogP) is 14.1. The van der Waals surface area contributed by atoms with Crippen LogP contribution in [0.3, 0.4) is 0 Å². The number of allylic oxidation sites excluding steroid dienone is 7. The number of benzene rings is 7. The molecule has 2 aliphatic carbocycles. The van der Waals surface area contributed by atoms with E-state index in [4.69, 9.17) is 0 Å². The van der Waals surface area contributed by atoms with E-state index in [-0.39, 0.29) is 0 Å². The van der Waals surface area contributed by atoms with E-state index in [1.807, 2.05) is 0 Å². The zero-order chi connectivity index (χ0) is 34.7. The molecule has 0 aromatic heterocycles. The van der Waals surface area contributed by atoms with Gasteiger partial charge in [-0.15, -0.1) is 0 Å². The molecule has 2 nitrogen and oxygen atoms in total. The van der Waals surface area contributed by atoms with Crippen LogP contribution in [0.15, 0.2) is 206 Å². The van der Waals surface area contributed by atoms with E-state index in [1.54, 1.807) is 0 Å². The predicted molar refractivity (Wildman–Crippen MR) is 222 cm³/mol. The van der Waals surface area contributed by atoms with Gasteiger partial charge in [-0.3, -0.25) is 0 Å². The summed E-state index contributed by atoms with van der Waals surface area (Å²) < 4.78 is 0. The van der Waals surface area contributed by atoms with Crippen molar-refractivity contribution in [2.45, 2.75) is 25.7 Å². The summed E-state index contributed by atoms with van der Waals surface area (Å²) in [7, 11) is 0. The van der Waals surface area contributed by atoms with Crippen molar-refractivity contribution in [2.24, 2.45) is 0 Å². The number of anilines is 4. The van der Waals surface area contributed by atoms with E-state index in [2.05, 4.69) is 204 Å². The molecule has 0 aliphatic heterocycles. The largest absolute Gasteiger partial charge is 0.314 e. The Balaban J connectivity index is 1.15. The Morgan fingerprint density at radius 2 is 0.846 bits per heavy atom. The molecule has 2 aliphatic rings. The van der Waals surface area contributed by atoms with E-state index in [0.717, 1.165) is 31.4 Å². The zero-order valence-corrected chi connectivity index (χ0v) is 29.2. The van der Waals surface area contributed by atoms with Gasteiger partial charge in [0, 0.05) is 34.1 Å². The highest BCUT2D eigenvalue weighted by Gasteiger charge is 2.20. The van der Waals surface area contributed by atoms with Crippen LogP contribution in [-0.4, -0.2) is 0 Å². The summed E-state index contributed by atoms with van der Waals surface area (Å²) in [5, 5.41) is 5.04. The Kier molecular flexibility index (Phi) is 8.56. The van der Waals surface area contributed by atoms with Gasteiger partial charge in [-0.2, -0.15) is 0 Å². The van der Waals surface area contributed by atoms with Crippen LogP contribution >= 0.6 is 0 Å². The Morgan fingerprint density at radius 1 is 0.385 bits per heavy atom. The summed E-state index contributed by atoms with van der Waals surface area (Å²) in [4.78, 5) is 4.76. The second-order valence-corrected chi connectivity index (χ2v) is 13.5. The van der Waals surface area contributed by atoms with Crippen molar-refractivity contribution in [1.29, 1.82) is 0 Å². The van der Waals surface area contributed by atoms with Crippen LogP contribution in [0.25, 0.3) is 43.8 Å². The maximum absolute atomic E-state index is 2.40. The van der Waals surface area contributed by atoms with Crippen LogP contribution in [0.1, 0.15) is 25.7 Å². The molecule has 7 aromatic rings. The third-order valence-electron chi connectivity index (χ3n) is 10.3. The highest BCUT2D eigenvalue weighted by molar-refractivity contribution is 6.21. The van der Waals surface area contributed by atoms with Gasteiger partial charge in [0.05, 0.1) is 0 Å². The van der Waals surface area contributed by atoms with Crippen LogP contribution in [0.4, 0.5) is 22.7 Å². The lowest BCUT2D eigenvalue weighted by Gasteiger charge is -2.29. The van der Waals surface area contributed by atoms with E-state index in [1.165, 1.54) is 72.3 Å². The Hall–Kier alpha value is -6.38. The molecule has 0 bridgehead atoms. The molecule has 0 atom stereocenters. The molecule has 250 valence electrons. The van der Waals surface area contributed by atoms with E-state index < -0.39 is 0 Å². The molecule has 0 heterocycles. The van der Waals surface area contributed by atoms with Gasteiger partial charge < -0.3 is 9.80 Å². The topological polar surface area (TPSA) is 6.48 Å². The average molecular weight is 669 g/mol. The molecule has 0 spiro atoms. The Labute approximate surface area is 306 Å². The highest BCUT2D eigenvalue weighted by Crippen LogP contribution is 2.45. The molecular formula is C50H40N2. The molecule has 2 heteroatoms. The minimum absolute atomic E-state index is 1.02. The summed E-state index contributed by atoms with van der Waals surface area (Å²) >= 11 is 0. The quantitative estimate of drug-likeness (QED) is 0.149. The molecular weight excluding hydrogens is 629 g/mol. The zero-order valence-electron chi connectivity index (χ0n) is 29.2. The fourth-order valence-electron chi connectivity index (χ4n) is 7.93. The van der Waals surface area contributed by atoms with Crippen LogP contribution in [-0.2, 0) is 0 Å². The number of nitrogens with zero attached hydrogens (tertiary/aromatic N) is 2. The van der Waals surface area contributed by atoms with Gasteiger partial charge in [0.1, 0.15) is 0 Å². The summed E-state index contributed by atoms with van der Waals surface area (Å²) in [6.07, 6.45) is 17.8. The van der Waals surface area contributed by atoms with Crippen LogP contribution in [0.2, 0.25) is 0 Å². The van der Waals surface area contributed by atoms with Crippen LogP contribution in [0.5, 0.6) is 0 Å². The fourth-order valence-corrected chi connectivity index (χ4v) is 7.93. The molecule has 0 unspecified atom stereocenters. The highest BCUT2D eigenvalue weighted by atomic mass is 15.2. The Morgan fingerprint density at radius 3 is 1.31 bits per heavy atom. The van der Waals surface area contributed by atoms with Crippen molar-refractivity contribution in [1.82, 2.24) is 0 Å². The first-order valence-corrected chi connectivity index (χ1v) is 18.4. The molecule has 0 saturated carbocycles. The van der Waals surface area contributed by atoms with Crippen LogP contribution < -0.4 is 9.80 Å². The average Bonchev–Trinajstić information content (AvgIpc) is 3.22. The van der Waals surface area contributed by atoms with E-state index in [9.17, 15) is 0 Å². The number of rotatable bonds is 8. The fraction of sp³-hybridized carbons (Fsp3) is 0.0800. The van der Waals surface area contributed by atoms with Gasteiger partial charge >= 0.3 is 0 Å². The molecule has 0 fully saturated rings. The van der Waals surface area contributed by atoms with Gasteiger partial charge in [-0.05, 0) is 130 Å². The molecule has 0 saturated heterocycles. The van der Waals surface area contributed by atoms with Crippen LogP contribution in [0, 0.1) is 0 Å². The minimum atomic E-state index is 1.02. The molecule has 9 rings (SSSR count). The van der Waals surface area contributed by atoms with E-state index >= 15 is 0 Å². The van der Waals surface area contributed by atoms with Gasteiger partial charge in [0.15, 0.2) is 0 Å². The molecule has 0 N–H and O–H groups in total. The smallest absolute Gasteiger partial charge is 0.0461 e. The second-order valence-electron chi connectivity index (χ2n) is 13.5. The third-order valence-corrected chi connectivity index (χ3v) is 10.3. The maximum Gasteiger partial charge on any atom is 0.0461 e.